The Balaban J connectivity index is 1.45. The molecule has 7 nitrogen and oxygen atoms in total. The number of rotatable bonds is 7. The van der Waals surface area contributed by atoms with Crippen LogP contribution in [0.15, 0.2) is 34.5 Å². The standard InChI is InChI=1S/C19H24ClN3O4S2/c20-17-12-18(29(24,25)22-13-16-5-2-10-26-16)28-19(17)27-15-4-1-3-14(11-15)23-8-6-21-7-9-23/h1,3-4,11-12,16,21-22H,2,5-10,13H2. The molecule has 1 unspecified atom stereocenters. The average molecular weight is 458 g/mol. The summed E-state index contributed by atoms with van der Waals surface area (Å²) in [5.41, 5.74) is 1.07. The zero-order chi connectivity index (χ0) is 20.3. The Bertz CT molecular complexity index is 939. The van der Waals surface area contributed by atoms with Gasteiger partial charge in [-0.2, -0.15) is 0 Å². The fourth-order valence-electron chi connectivity index (χ4n) is 3.39. The highest BCUT2D eigenvalue weighted by Gasteiger charge is 2.24. The van der Waals surface area contributed by atoms with E-state index in [1.54, 1.807) is 0 Å². The number of hydrogen-bond acceptors (Lipinski definition) is 7. The zero-order valence-corrected chi connectivity index (χ0v) is 18.3. The molecule has 2 N–H and O–H groups in total. The molecule has 29 heavy (non-hydrogen) atoms. The SMILES string of the molecule is O=S(=O)(NCC1CCCO1)c1cc(Cl)c(Oc2cccc(N3CCNCC3)c2)s1. The van der Waals surface area contributed by atoms with Gasteiger partial charge in [-0.25, -0.2) is 13.1 Å². The lowest BCUT2D eigenvalue weighted by molar-refractivity contribution is 0.114. The van der Waals surface area contributed by atoms with Gasteiger partial charge in [-0.15, -0.1) is 0 Å². The van der Waals surface area contributed by atoms with E-state index in [2.05, 4.69) is 14.9 Å². The van der Waals surface area contributed by atoms with Gasteiger partial charge in [0.2, 0.25) is 15.1 Å². The molecule has 1 aromatic carbocycles. The monoisotopic (exact) mass is 457 g/mol. The van der Waals surface area contributed by atoms with Crippen molar-refractivity contribution in [2.24, 2.45) is 0 Å². The largest absolute Gasteiger partial charge is 0.445 e. The first-order valence-corrected chi connectivity index (χ1v) is 12.3. The van der Waals surface area contributed by atoms with Gasteiger partial charge in [0.05, 0.1) is 11.1 Å². The average Bonchev–Trinajstić information content (AvgIpc) is 3.38. The molecular weight excluding hydrogens is 434 g/mol. The molecule has 2 fully saturated rings. The van der Waals surface area contributed by atoms with Crippen LogP contribution in [0.1, 0.15) is 12.8 Å². The van der Waals surface area contributed by atoms with Crippen LogP contribution in [0.4, 0.5) is 5.69 Å². The van der Waals surface area contributed by atoms with Crippen molar-refractivity contribution in [3.63, 3.8) is 0 Å². The van der Waals surface area contributed by atoms with Crippen LogP contribution < -0.4 is 19.7 Å². The molecule has 0 radical (unpaired) electrons. The summed E-state index contributed by atoms with van der Waals surface area (Å²) in [5, 5.41) is 3.97. The van der Waals surface area contributed by atoms with E-state index < -0.39 is 10.0 Å². The zero-order valence-electron chi connectivity index (χ0n) is 15.9. The fourth-order valence-corrected chi connectivity index (χ4v) is 6.10. The van der Waals surface area contributed by atoms with E-state index in [0.29, 0.717) is 17.4 Å². The second-order valence-electron chi connectivity index (χ2n) is 7.02. The lowest BCUT2D eigenvalue weighted by Gasteiger charge is -2.29. The summed E-state index contributed by atoms with van der Waals surface area (Å²) >= 11 is 7.28. The quantitative estimate of drug-likeness (QED) is 0.665. The van der Waals surface area contributed by atoms with Gasteiger partial charge in [0, 0.05) is 51.1 Å². The minimum atomic E-state index is -3.66. The van der Waals surface area contributed by atoms with E-state index in [9.17, 15) is 8.42 Å². The maximum Gasteiger partial charge on any atom is 0.250 e. The second kappa shape index (κ2) is 9.20. The van der Waals surface area contributed by atoms with E-state index in [4.69, 9.17) is 21.1 Å². The van der Waals surface area contributed by atoms with Gasteiger partial charge < -0.3 is 19.7 Å². The van der Waals surface area contributed by atoms with E-state index in [-0.39, 0.29) is 21.9 Å². The Labute approximate surface area is 180 Å². The van der Waals surface area contributed by atoms with Crippen molar-refractivity contribution in [3.8, 4) is 10.8 Å². The molecule has 4 rings (SSSR count). The number of anilines is 1. The van der Waals surface area contributed by atoms with Crippen molar-refractivity contribution in [1.82, 2.24) is 10.0 Å². The van der Waals surface area contributed by atoms with Crippen LogP contribution in [0.2, 0.25) is 5.02 Å². The highest BCUT2D eigenvalue weighted by molar-refractivity contribution is 7.91. The fraction of sp³-hybridized carbons (Fsp3) is 0.474. The summed E-state index contributed by atoms with van der Waals surface area (Å²) in [6.07, 6.45) is 1.76. The molecule has 0 spiro atoms. The van der Waals surface area contributed by atoms with Crippen LogP contribution >= 0.6 is 22.9 Å². The lowest BCUT2D eigenvalue weighted by Crippen LogP contribution is -2.43. The third kappa shape index (κ3) is 5.22. The van der Waals surface area contributed by atoms with Gasteiger partial charge in [-0.05, 0) is 31.0 Å². The van der Waals surface area contributed by atoms with Gasteiger partial charge in [0.15, 0.2) is 0 Å². The van der Waals surface area contributed by atoms with Crippen LogP contribution in [0.3, 0.4) is 0 Å². The Morgan fingerprint density at radius 3 is 2.90 bits per heavy atom. The lowest BCUT2D eigenvalue weighted by atomic mass is 10.2. The van der Waals surface area contributed by atoms with Crippen molar-refractivity contribution < 1.29 is 17.9 Å². The summed E-state index contributed by atoms with van der Waals surface area (Å²) in [4.78, 5) is 2.28. The third-order valence-corrected chi connectivity index (χ3v) is 8.24. The first-order valence-electron chi connectivity index (χ1n) is 9.65. The normalized spacial score (nSPS) is 20.2. The summed E-state index contributed by atoms with van der Waals surface area (Å²) in [5.74, 6) is 0.626. The summed E-state index contributed by atoms with van der Waals surface area (Å²) in [6, 6.07) is 9.19. The Kier molecular flexibility index (Phi) is 6.63. The van der Waals surface area contributed by atoms with Crippen LogP contribution in [-0.4, -0.2) is 53.9 Å². The molecule has 2 aromatic rings. The molecule has 1 atom stereocenters. The number of sulfonamides is 1. The van der Waals surface area contributed by atoms with Gasteiger partial charge in [0.1, 0.15) is 9.96 Å². The molecule has 2 aliphatic rings. The molecule has 0 aliphatic carbocycles. The number of ether oxygens (including phenoxy) is 2. The van der Waals surface area contributed by atoms with Crippen molar-refractivity contribution >= 4 is 38.6 Å². The van der Waals surface area contributed by atoms with Crippen molar-refractivity contribution in [2.45, 2.75) is 23.2 Å². The molecule has 0 bridgehead atoms. The molecule has 158 valence electrons. The van der Waals surface area contributed by atoms with E-state index in [1.165, 1.54) is 6.07 Å². The number of nitrogens with one attached hydrogen (secondary N) is 2. The minimum Gasteiger partial charge on any atom is -0.445 e. The Hall–Kier alpha value is -1.36. The molecular formula is C19H24ClN3O4S2. The molecule has 10 heteroatoms. The predicted molar refractivity (Wildman–Crippen MR) is 115 cm³/mol. The van der Waals surface area contributed by atoms with Crippen molar-refractivity contribution in [1.29, 1.82) is 0 Å². The van der Waals surface area contributed by atoms with Crippen LogP contribution in [0, 0.1) is 0 Å². The first kappa shape index (κ1) is 20.9. The number of halogens is 1. The predicted octanol–water partition coefficient (Wildman–Crippen LogP) is 3.06. The topological polar surface area (TPSA) is 79.9 Å². The number of benzene rings is 1. The van der Waals surface area contributed by atoms with Gasteiger partial charge in [0.25, 0.3) is 0 Å². The van der Waals surface area contributed by atoms with Crippen LogP contribution in [0.25, 0.3) is 0 Å². The number of nitrogens with zero attached hydrogens (tertiary/aromatic N) is 1. The molecule has 1 aromatic heterocycles. The maximum atomic E-state index is 12.6. The van der Waals surface area contributed by atoms with E-state index >= 15 is 0 Å². The number of hydrogen-bond donors (Lipinski definition) is 2. The Morgan fingerprint density at radius 2 is 2.14 bits per heavy atom. The smallest absolute Gasteiger partial charge is 0.250 e. The van der Waals surface area contributed by atoms with Gasteiger partial charge in [-0.3, -0.25) is 0 Å². The highest BCUT2D eigenvalue weighted by atomic mass is 35.5. The van der Waals surface area contributed by atoms with Gasteiger partial charge in [-0.1, -0.05) is 29.0 Å². The molecule has 2 aliphatic heterocycles. The first-order chi connectivity index (χ1) is 14.0. The molecule has 0 amide bonds. The summed E-state index contributed by atoms with van der Waals surface area (Å²) in [7, 11) is -3.66. The number of piperazine rings is 1. The third-order valence-electron chi connectivity index (χ3n) is 4.93. The van der Waals surface area contributed by atoms with Crippen LogP contribution in [0.5, 0.6) is 10.8 Å². The van der Waals surface area contributed by atoms with Crippen LogP contribution in [-0.2, 0) is 14.8 Å². The van der Waals surface area contributed by atoms with Crippen molar-refractivity contribution in [2.75, 3.05) is 44.2 Å². The molecule has 3 heterocycles. The number of thiophene rings is 1. The van der Waals surface area contributed by atoms with E-state index in [0.717, 1.165) is 56.0 Å². The Morgan fingerprint density at radius 1 is 1.31 bits per heavy atom. The highest BCUT2D eigenvalue weighted by Crippen LogP contribution is 2.40. The summed E-state index contributed by atoms with van der Waals surface area (Å²) in [6.45, 7) is 4.71. The second-order valence-corrected chi connectivity index (χ2v) is 10.4. The maximum absolute atomic E-state index is 12.6. The minimum absolute atomic E-state index is 0.0661. The molecule has 2 saturated heterocycles. The summed E-state index contributed by atoms with van der Waals surface area (Å²) < 4.78 is 39.3. The van der Waals surface area contributed by atoms with E-state index in [1.807, 2.05) is 24.3 Å². The van der Waals surface area contributed by atoms with Gasteiger partial charge >= 0.3 is 0 Å². The molecule has 0 saturated carbocycles. The van der Waals surface area contributed by atoms with Crippen molar-refractivity contribution in [3.05, 3.63) is 35.4 Å².